The average Bonchev–Trinajstić information content (AvgIpc) is 2.71. The van der Waals surface area contributed by atoms with E-state index < -0.39 is 0 Å². The van der Waals surface area contributed by atoms with Crippen molar-refractivity contribution in [3.63, 3.8) is 0 Å². The van der Waals surface area contributed by atoms with Gasteiger partial charge in [-0.25, -0.2) is 0 Å². The van der Waals surface area contributed by atoms with E-state index in [1.54, 1.807) is 0 Å². The molecule has 1 saturated carbocycles. The molecule has 1 heteroatoms. The highest BCUT2D eigenvalue weighted by molar-refractivity contribution is 4.92. The Morgan fingerprint density at radius 1 is 1.00 bits per heavy atom. The predicted molar refractivity (Wildman–Crippen MR) is 79.4 cm³/mol. The first-order chi connectivity index (χ1) is 8.76. The molecular weight excluding hydrogens is 218 g/mol. The van der Waals surface area contributed by atoms with Gasteiger partial charge in [0, 0.05) is 19.0 Å². The largest absolute Gasteiger partial charge is 0.303 e. The quantitative estimate of drug-likeness (QED) is 0.672. The van der Waals surface area contributed by atoms with Gasteiger partial charge in [-0.05, 0) is 37.6 Å². The summed E-state index contributed by atoms with van der Waals surface area (Å²) in [5, 5.41) is 0. The van der Waals surface area contributed by atoms with Crippen LogP contribution in [0.15, 0.2) is 0 Å². The average molecular weight is 250 g/mol. The number of hydrogen-bond donors (Lipinski definition) is 0. The van der Waals surface area contributed by atoms with E-state index in [9.17, 15) is 0 Å². The molecule has 2 aliphatic rings. The van der Waals surface area contributed by atoms with Gasteiger partial charge in [0.15, 0.2) is 0 Å². The lowest BCUT2D eigenvalue weighted by Crippen LogP contribution is -2.30. The Kier molecular flexibility index (Phi) is 5.41. The van der Waals surface area contributed by atoms with E-state index in [1.807, 2.05) is 0 Å². The van der Waals surface area contributed by atoms with Crippen molar-refractivity contribution < 1.29 is 0 Å². The fourth-order valence-corrected chi connectivity index (χ4v) is 4.40. The Balaban J connectivity index is 2.02. The van der Waals surface area contributed by atoms with E-state index in [0.29, 0.717) is 0 Å². The van der Waals surface area contributed by atoms with Crippen molar-refractivity contribution in [2.75, 3.05) is 19.6 Å². The molecule has 1 aliphatic carbocycles. The van der Waals surface area contributed by atoms with Crippen LogP contribution in [0.5, 0.6) is 0 Å². The molecular formula is C17H32N+. The lowest BCUT2D eigenvalue weighted by Gasteiger charge is -2.31. The molecule has 2 rings (SSSR count). The summed E-state index contributed by atoms with van der Waals surface area (Å²) >= 11 is 0. The third kappa shape index (κ3) is 3.23. The molecule has 1 aliphatic heterocycles. The zero-order valence-corrected chi connectivity index (χ0v) is 12.7. The third-order valence-corrected chi connectivity index (χ3v) is 5.55. The summed E-state index contributed by atoms with van der Waals surface area (Å²) in [6.45, 7) is 11.1. The molecule has 104 valence electrons. The first-order valence-electron chi connectivity index (χ1n) is 8.28. The monoisotopic (exact) mass is 250 g/mol. The Hall–Kier alpha value is -0.170. The van der Waals surface area contributed by atoms with E-state index in [2.05, 4.69) is 32.1 Å². The van der Waals surface area contributed by atoms with Gasteiger partial charge in [-0.1, -0.05) is 33.1 Å². The lowest BCUT2D eigenvalue weighted by molar-refractivity contribution is 0.178. The normalized spacial score (nSPS) is 39.3. The lowest BCUT2D eigenvalue weighted by atomic mass is 9.70. The standard InChI is InChI=1S/C17H32N/c1-4-15-10-8-6-7-9-11-16(15)17-13-18(5-2)12-14(17)3/h4,14-17H,5-13H2,1-3H3/q+1. The third-order valence-electron chi connectivity index (χ3n) is 5.55. The van der Waals surface area contributed by atoms with Crippen LogP contribution in [0.4, 0.5) is 0 Å². The van der Waals surface area contributed by atoms with E-state index >= 15 is 0 Å². The van der Waals surface area contributed by atoms with Crippen molar-refractivity contribution in [3.8, 4) is 0 Å². The number of nitrogens with zero attached hydrogens (tertiary/aromatic N) is 1. The molecule has 0 aromatic heterocycles. The summed E-state index contributed by atoms with van der Waals surface area (Å²) in [4.78, 5) is 2.67. The highest BCUT2D eigenvalue weighted by Gasteiger charge is 2.40. The maximum atomic E-state index is 2.67. The molecule has 18 heavy (non-hydrogen) atoms. The minimum atomic E-state index is 0.898. The van der Waals surface area contributed by atoms with Crippen molar-refractivity contribution in [3.05, 3.63) is 6.42 Å². The fraction of sp³-hybridized carbons (Fsp3) is 0.941. The zero-order valence-electron chi connectivity index (χ0n) is 12.7. The Labute approximate surface area is 114 Å². The minimum absolute atomic E-state index is 0.898. The van der Waals surface area contributed by atoms with E-state index in [4.69, 9.17) is 0 Å². The van der Waals surface area contributed by atoms with Crippen LogP contribution in [-0.4, -0.2) is 24.5 Å². The molecule has 2 fully saturated rings. The molecule has 1 saturated heterocycles. The summed E-state index contributed by atoms with van der Waals surface area (Å²) in [6, 6.07) is 0. The molecule has 4 atom stereocenters. The summed E-state index contributed by atoms with van der Waals surface area (Å²) < 4.78 is 0. The second-order valence-corrected chi connectivity index (χ2v) is 6.65. The van der Waals surface area contributed by atoms with Crippen molar-refractivity contribution in [2.45, 2.75) is 59.3 Å². The van der Waals surface area contributed by atoms with Gasteiger partial charge in [-0.15, -0.1) is 0 Å². The minimum Gasteiger partial charge on any atom is -0.303 e. The van der Waals surface area contributed by atoms with Gasteiger partial charge in [0.05, 0.1) is 13.3 Å². The van der Waals surface area contributed by atoms with Crippen molar-refractivity contribution in [2.24, 2.45) is 23.7 Å². The van der Waals surface area contributed by atoms with Gasteiger partial charge in [-0.3, -0.25) is 0 Å². The van der Waals surface area contributed by atoms with Gasteiger partial charge in [0.2, 0.25) is 0 Å². The zero-order chi connectivity index (χ0) is 13.0. The molecule has 0 bridgehead atoms. The van der Waals surface area contributed by atoms with Crippen LogP contribution < -0.4 is 0 Å². The molecule has 0 radical (unpaired) electrons. The SMILES string of the molecule is C[CH+]C1CCCCCCC1C1CN(CC)CC1C. The maximum absolute atomic E-state index is 2.67. The first-order valence-corrected chi connectivity index (χ1v) is 8.28. The van der Waals surface area contributed by atoms with Gasteiger partial charge < -0.3 is 4.90 Å². The first kappa shape index (κ1) is 14.2. The van der Waals surface area contributed by atoms with Crippen molar-refractivity contribution >= 4 is 0 Å². The van der Waals surface area contributed by atoms with Crippen LogP contribution in [0.25, 0.3) is 0 Å². The second-order valence-electron chi connectivity index (χ2n) is 6.65. The van der Waals surface area contributed by atoms with Gasteiger partial charge in [-0.2, -0.15) is 0 Å². The van der Waals surface area contributed by atoms with Crippen LogP contribution >= 0.6 is 0 Å². The number of hydrogen-bond acceptors (Lipinski definition) is 1. The molecule has 1 heterocycles. The number of rotatable bonds is 3. The highest BCUT2D eigenvalue weighted by Crippen LogP contribution is 2.40. The van der Waals surface area contributed by atoms with Gasteiger partial charge >= 0.3 is 0 Å². The summed E-state index contributed by atoms with van der Waals surface area (Å²) in [5.41, 5.74) is 0. The molecule has 4 unspecified atom stereocenters. The molecule has 0 amide bonds. The van der Waals surface area contributed by atoms with Crippen LogP contribution in [-0.2, 0) is 0 Å². The molecule has 0 aromatic carbocycles. The molecule has 0 spiro atoms. The van der Waals surface area contributed by atoms with Crippen LogP contribution in [0.2, 0.25) is 0 Å². The van der Waals surface area contributed by atoms with E-state index in [0.717, 1.165) is 23.7 Å². The topological polar surface area (TPSA) is 3.24 Å². The molecule has 0 aromatic rings. The summed E-state index contributed by atoms with van der Waals surface area (Å²) in [5.74, 6) is 3.75. The second kappa shape index (κ2) is 6.84. The molecule has 1 nitrogen and oxygen atoms in total. The van der Waals surface area contributed by atoms with E-state index in [1.165, 1.54) is 58.2 Å². The van der Waals surface area contributed by atoms with Crippen molar-refractivity contribution in [1.82, 2.24) is 4.90 Å². The Morgan fingerprint density at radius 3 is 2.33 bits per heavy atom. The van der Waals surface area contributed by atoms with Crippen molar-refractivity contribution in [1.29, 1.82) is 0 Å². The maximum Gasteiger partial charge on any atom is 0.101 e. The van der Waals surface area contributed by atoms with E-state index in [-0.39, 0.29) is 0 Å². The predicted octanol–water partition coefficient (Wildman–Crippen LogP) is 4.38. The fourth-order valence-electron chi connectivity index (χ4n) is 4.40. The van der Waals surface area contributed by atoms with Crippen LogP contribution in [0, 0.1) is 30.1 Å². The summed E-state index contributed by atoms with van der Waals surface area (Å²) in [6.07, 6.45) is 11.4. The number of likely N-dealkylation sites (tertiary alicyclic amines) is 1. The Bertz CT molecular complexity index is 238. The van der Waals surface area contributed by atoms with Gasteiger partial charge in [0.1, 0.15) is 5.92 Å². The molecule has 0 N–H and O–H groups in total. The van der Waals surface area contributed by atoms with Gasteiger partial charge in [0.25, 0.3) is 0 Å². The summed E-state index contributed by atoms with van der Waals surface area (Å²) in [7, 11) is 0. The smallest absolute Gasteiger partial charge is 0.101 e. The highest BCUT2D eigenvalue weighted by atomic mass is 15.1. The van der Waals surface area contributed by atoms with Crippen LogP contribution in [0.1, 0.15) is 59.3 Å². The van der Waals surface area contributed by atoms with Crippen LogP contribution in [0.3, 0.4) is 0 Å². The Morgan fingerprint density at radius 2 is 1.72 bits per heavy atom.